The van der Waals surface area contributed by atoms with E-state index in [1.165, 1.54) is 48.5 Å². The average Bonchev–Trinajstić information content (AvgIpc) is 2.67. The normalized spacial score (nSPS) is 16.8. The number of hydrogen-bond donors (Lipinski definition) is 2. The summed E-state index contributed by atoms with van der Waals surface area (Å²) < 4.78 is 26.0. The molecule has 0 aliphatic carbocycles. The maximum Gasteiger partial charge on any atom is 0.238 e. The first kappa shape index (κ1) is 21.9. The highest BCUT2D eigenvalue weighted by molar-refractivity contribution is 5.93. The van der Waals surface area contributed by atoms with Crippen molar-refractivity contribution in [2.45, 2.75) is 19.4 Å². The van der Waals surface area contributed by atoms with Crippen molar-refractivity contribution in [3.05, 3.63) is 60.2 Å². The molecule has 0 spiro atoms. The molecular formula is C22H26F2N4O2. The Bertz CT molecular complexity index is 885. The number of nitrogens with zero attached hydrogens (tertiary/aromatic N) is 2. The van der Waals surface area contributed by atoms with Gasteiger partial charge < -0.3 is 10.6 Å². The fourth-order valence-electron chi connectivity index (χ4n) is 3.56. The molecule has 1 aliphatic rings. The molecule has 8 heteroatoms. The summed E-state index contributed by atoms with van der Waals surface area (Å²) in [6.45, 7) is 6.38. The zero-order chi connectivity index (χ0) is 21.7. The van der Waals surface area contributed by atoms with Crippen LogP contribution >= 0.6 is 0 Å². The summed E-state index contributed by atoms with van der Waals surface area (Å²) in [5.74, 6) is -1.04. The third-order valence-corrected chi connectivity index (χ3v) is 5.11. The van der Waals surface area contributed by atoms with Crippen LogP contribution in [0.4, 0.5) is 20.2 Å². The van der Waals surface area contributed by atoms with Crippen molar-refractivity contribution in [3.63, 3.8) is 0 Å². The maximum absolute atomic E-state index is 13.0. The van der Waals surface area contributed by atoms with Gasteiger partial charge in [0.05, 0.1) is 13.1 Å². The Hall–Kier alpha value is -2.84. The molecule has 1 saturated heterocycles. The fourth-order valence-corrected chi connectivity index (χ4v) is 3.56. The molecule has 0 bridgehead atoms. The first-order valence-electron chi connectivity index (χ1n) is 9.79. The molecular weight excluding hydrogens is 390 g/mol. The first-order chi connectivity index (χ1) is 14.2. The van der Waals surface area contributed by atoms with Crippen LogP contribution in [0.3, 0.4) is 0 Å². The highest BCUT2D eigenvalue weighted by Crippen LogP contribution is 2.21. The molecule has 1 aliphatic heterocycles. The van der Waals surface area contributed by atoms with Crippen LogP contribution in [0, 0.1) is 11.6 Å². The van der Waals surface area contributed by atoms with Crippen molar-refractivity contribution in [1.82, 2.24) is 9.80 Å². The molecule has 30 heavy (non-hydrogen) atoms. The third-order valence-electron chi connectivity index (χ3n) is 5.11. The number of piperazine rings is 1. The molecule has 0 radical (unpaired) electrons. The topological polar surface area (TPSA) is 64.7 Å². The lowest BCUT2D eigenvalue weighted by molar-refractivity contribution is -0.122. The second-order valence-electron chi connectivity index (χ2n) is 8.05. The summed E-state index contributed by atoms with van der Waals surface area (Å²) >= 11 is 0. The summed E-state index contributed by atoms with van der Waals surface area (Å²) in [7, 11) is 0. The van der Waals surface area contributed by atoms with Crippen molar-refractivity contribution in [3.8, 4) is 0 Å². The van der Waals surface area contributed by atoms with Crippen molar-refractivity contribution in [1.29, 1.82) is 0 Å². The fraction of sp³-hybridized carbons (Fsp3) is 0.364. The van der Waals surface area contributed by atoms with E-state index < -0.39 is 0 Å². The van der Waals surface area contributed by atoms with Gasteiger partial charge >= 0.3 is 0 Å². The minimum absolute atomic E-state index is 0.167. The van der Waals surface area contributed by atoms with E-state index in [1.807, 2.05) is 18.7 Å². The number of carbonyl (C=O) groups excluding carboxylic acids is 2. The van der Waals surface area contributed by atoms with Crippen molar-refractivity contribution in [2.75, 3.05) is 43.4 Å². The maximum atomic E-state index is 13.0. The van der Waals surface area contributed by atoms with E-state index in [4.69, 9.17) is 0 Å². The average molecular weight is 416 g/mol. The second kappa shape index (κ2) is 9.32. The molecule has 0 aromatic heterocycles. The molecule has 2 amide bonds. The first-order valence-corrected chi connectivity index (χ1v) is 9.79. The summed E-state index contributed by atoms with van der Waals surface area (Å²) in [6, 6.07) is 11.3. The predicted octanol–water partition coefficient (Wildman–Crippen LogP) is 2.94. The van der Waals surface area contributed by atoms with Crippen LogP contribution < -0.4 is 10.6 Å². The van der Waals surface area contributed by atoms with Gasteiger partial charge in [-0.1, -0.05) is 0 Å². The lowest BCUT2D eigenvalue weighted by Gasteiger charge is -2.46. The Balaban J connectivity index is 1.49. The van der Waals surface area contributed by atoms with E-state index in [-0.39, 0.29) is 42.1 Å². The van der Waals surface area contributed by atoms with E-state index >= 15 is 0 Å². The van der Waals surface area contributed by atoms with E-state index in [1.54, 1.807) is 0 Å². The molecule has 3 rings (SSSR count). The number of nitrogens with one attached hydrogen (secondary N) is 2. The lowest BCUT2D eigenvalue weighted by Crippen LogP contribution is -2.61. The van der Waals surface area contributed by atoms with Gasteiger partial charge in [0.2, 0.25) is 11.8 Å². The van der Waals surface area contributed by atoms with Crippen LogP contribution in [0.5, 0.6) is 0 Å². The number of halogens is 2. The van der Waals surface area contributed by atoms with Crippen LogP contribution in [0.2, 0.25) is 0 Å². The monoisotopic (exact) mass is 416 g/mol. The number of rotatable bonds is 6. The van der Waals surface area contributed by atoms with Gasteiger partial charge in [-0.3, -0.25) is 19.4 Å². The van der Waals surface area contributed by atoms with Crippen LogP contribution in [-0.2, 0) is 9.59 Å². The molecule has 2 aromatic carbocycles. The van der Waals surface area contributed by atoms with Gasteiger partial charge in [-0.15, -0.1) is 0 Å². The zero-order valence-corrected chi connectivity index (χ0v) is 17.1. The Morgan fingerprint density at radius 3 is 1.77 bits per heavy atom. The van der Waals surface area contributed by atoms with E-state index in [2.05, 4.69) is 15.5 Å². The molecule has 0 saturated carbocycles. The van der Waals surface area contributed by atoms with Gasteiger partial charge in [0.1, 0.15) is 11.6 Å². The summed E-state index contributed by atoms with van der Waals surface area (Å²) in [6.07, 6.45) is 0. The number of carbonyl (C=O) groups is 2. The largest absolute Gasteiger partial charge is 0.325 e. The Kier molecular flexibility index (Phi) is 6.79. The summed E-state index contributed by atoms with van der Waals surface area (Å²) in [5.41, 5.74) is 0.793. The summed E-state index contributed by atoms with van der Waals surface area (Å²) in [4.78, 5) is 28.8. The molecule has 1 fully saturated rings. The molecule has 0 unspecified atom stereocenters. The van der Waals surface area contributed by atoms with Crippen LogP contribution in [0.25, 0.3) is 0 Å². The Labute approximate surface area is 174 Å². The smallest absolute Gasteiger partial charge is 0.238 e. The van der Waals surface area contributed by atoms with Crippen molar-refractivity contribution < 1.29 is 18.4 Å². The second-order valence-corrected chi connectivity index (χ2v) is 8.05. The van der Waals surface area contributed by atoms with Gasteiger partial charge in [0.15, 0.2) is 0 Å². The third kappa shape index (κ3) is 6.08. The number of benzene rings is 2. The van der Waals surface area contributed by atoms with Gasteiger partial charge in [0.25, 0.3) is 0 Å². The quantitative estimate of drug-likeness (QED) is 0.760. The van der Waals surface area contributed by atoms with E-state index in [0.717, 1.165) is 0 Å². The highest BCUT2D eigenvalue weighted by Gasteiger charge is 2.35. The number of anilines is 2. The predicted molar refractivity (Wildman–Crippen MR) is 112 cm³/mol. The van der Waals surface area contributed by atoms with Crippen LogP contribution in [0.15, 0.2) is 48.5 Å². The Morgan fingerprint density at radius 2 is 1.30 bits per heavy atom. The summed E-state index contributed by atoms with van der Waals surface area (Å²) in [5, 5.41) is 5.54. The van der Waals surface area contributed by atoms with Gasteiger partial charge in [0, 0.05) is 36.5 Å². The van der Waals surface area contributed by atoms with Gasteiger partial charge in [-0.25, -0.2) is 8.78 Å². The lowest BCUT2D eigenvalue weighted by atomic mass is 9.98. The van der Waals surface area contributed by atoms with Crippen molar-refractivity contribution >= 4 is 23.2 Å². The minimum atomic E-state index is -0.353. The minimum Gasteiger partial charge on any atom is -0.325 e. The molecule has 6 nitrogen and oxygen atoms in total. The Morgan fingerprint density at radius 1 is 0.833 bits per heavy atom. The van der Waals surface area contributed by atoms with Gasteiger partial charge in [-0.05, 0) is 62.4 Å². The molecule has 160 valence electrons. The van der Waals surface area contributed by atoms with E-state index in [0.29, 0.717) is 31.0 Å². The molecule has 2 aromatic rings. The van der Waals surface area contributed by atoms with Gasteiger partial charge in [-0.2, -0.15) is 0 Å². The standard InChI is InChI=1S/C22H26F2N4O2/c1-22(2)15-27(13-20(29)25-18-7-3-16(23)4-8-18)11-12-28(22)14-21(30)26-19-9-5-17(24)6-10-19/h3-10H,11-15H2,1-2H3,(H,25,29)(H,26,30). The van der Waals surface area contributed by atoms with Crippen LogP contribution in [0.1, 0.15) is 13.8 Å². The highest BCUT2D eigenvalue weighted by atomic mass is 19.1. The van der Waals surface area contributed by atoms with E-state index in [9.17, 15) is 18.4 Å². The molecule has 2 N–H and O–H groups in total. The number of hydrogen-bond acceptors (Lipinski definition) is 4. The van der Waals surface area contributed by atoms with Crippen LogP contribution in [-0.4, -0.2) is 59.9 Å². The molecule has 1 heterocycles. The SMILES string of the molecule is CC1(C)CN(CC(=O)Nc2ccc(F)cc2)CCN1CC(=O)Nc1ccc(F)cc1. The number of amides is 2. The zero-order valence-electron chi connectivity index (χ0n) is 17.1. The molecule has 0 atom stereocenters. The van der Waals surface area contributed by atoms with Crippen molar-refractivity contribution in [2.24, 2.45) is 0 Å².